The van der Waals surface area contributed by atoms with Crippen LogP contribution in [0, 0.1) is 6.92 Å². The molecule has 0 fully saturated rings. The quantitative estimate of drug-likeness (QED) is 0.739. The van der Waals surface area contributed by atoms with Crippen LogP contribution in [0.15, 0.2) is 12.1 Å². The van der Waals surface area contributed by atoms with E-state index in [1.165, 1.54) is 0 Å². The first kappa shape index (κ1) is 15.9. The summed E-state index contributed by atoms with van der Waals surface area (Å²) in [5.41, 5.74) is 14.6. The van der Waals surface area contributed by atoms with Gasteiger partial charge in [0.2, 0.25) is 0 Å². The Morgan fingerprint density at radius 2 is 2.13 bits per heavy atom. The Hall–Kier alpha value is -1.96. The molecule has 0 radical (unpaired) electrons. The second-order valence-electron chi connectivity index (χ2n) is 5.39. The maximum absolute atomic E-state index is 6.44. The Balaban J connectivity index is 2.32. The molecule has 1 atom stereocenters. The lowest BCUT2D eigenvalue weighted by atomic mass is 10.1. The molecule has 0 aliphatic heterocycles. The van der Waals surface area contributed by atoms with Crippen LogP contribution in [0.1, 0.15) is 30.4 Å². The van der Waals surface area contributed by atoms with Crippen molar-refractivity contribution >= 4 is 28.3 Å². The standard InChI is InChI=1S/C15H19ClN6O/c1-8-20-21-15-13(9(18)4-3-7-17)19-14-10(22(8)15)5-6-11(23-2)12(14)16/h5-6,9H,3-4,7,17-18H2,1-2H3. The molecule has 4 N–H and O–H groups in total. The molecule has 1 unspecified atom stereocenters. The largest absolute Gasteiger partial charge is 0.495 e. The number of aryl methyl sites for hydroxylation is 1. The SMILES string of the molecule is COc1ccc2c(nc(C(N)CCCN)c3nnc(C)n32)c1Cl. The Labute approximate surface area is 138 Å². The maximum atomic E-state index is 6.44. The van der Waals surface area contributed by atoms with Gasteiger partial charge < -0.3 is 16.2 Å². The molecule has 0 spiro atoms. The molecule has 2 heterocycles. The van der Waals surface area contributed by atoms with Crippen LogP contribution in [0.2, 0.25) is 5.02 Å². The van der Waals surface area contributed by atoms with Crippen LogP contribution >= 0.6 is 11.6 Å². The number of benzene rings is 1. The third-order valence-corrected chi connectivity index (χ3v) is 4.24. The zero-order chi connectivity index (χ0) is 16.6. The van der Waals surface area contributed by atoms with E-state index in [1.54, 1.807) is 13.2 Å². The Morgan fingerprint density at radius 1 is 1.35 bits per heavy atom. The van der Waals surface area contributed by atoms with Crippen molar-refractivity contribution < 1.29 is 4.74 Å². The molecule has 23 heavy (non-hydrogen) atoms. The average Bonchev–Trinajstić information content (AvgIpc) is 2.94. The molecule has 8 heteroatoms. The van der Waals surface area contributed by atoms with E-state index < -0.39 is 0 Å². The highest BCUT2D eigenvalue weighted by Gasteiger charge is 2.20. The highest BCUT2D eigenvalue weighted by atomic mass is 35.5. The molecule has 0 saturated heterocycles. The molecule has 0 bridgehead atoms. The minimum absolute atomic E-state index is 0.281. The molecule has 3 rings (SSSR count). The molecule has 122 valence electrons. The summed E-state index contributed by atoms with van der Waals surface area (Å²) in [6.07, 6.45) is 1.53. The van der Waals surface area contributed by atoms with Gasteiger partial charge in [-0.3, -0.25) is 4.40 Å². The van der Waals surface area contributed by atoms with Crippen molar-refractivity contribution in [2.24, 2.45) is 11.5 Å². The summed E-state index contributed by atoms with van der Waals surface area (Å²) in [4.78, 5) is 4.68. The second-order valence-corrected chi connectivity index (χ2v) is 5.77. The van der Waals surface area contributed by atoms with Crippen molar-refractivity contribution in [3.05, 3.63) is 28.7 Å². The molecule has 7 nitrogen and oxygen atoms in total. The number of hydrogen-bond donors (Lipinski definition) is 2. The van der Waals surface area contributed by atoms with Gasteiger partial charge in [0, 0.05) is 0 Å². The summed E-state index contributed by atoms with van der Waals surface area (Å²) in [6, 6.07) is 3.42. The first-order valence-corrected chi connectivity index (χ1v) is 7.79. The van der Waals surface area contributed by atoms with Gasteiger partial charge in [-0.2, -0.15) is 0 Å². The van der Waals surface area contributed by atoms with Gasteiger partial charge in [0.15, 0.2) is 5.65 Å². The molecule has 2 aromatic heterocycles. The van der Waals surface area contributed by atoms with Crippen molar-refractivity contribution in [2.45, 2.75) is 25.8 Å². The number of halogens is 1. The molecule has 1 aromatic carbocycles. The predicted octanol–water partition coefficient (Wildman–Crippen LogP) is 1.99. The van der Waals surface area contributed by atoms with Crippen LogP contribution in [0.5, 0.6) is 5.75 Å². The van der Waals surface area contributed by atoms with Crippen molar-refractivity contribution in [3.63, 3.8) is 0 Å². The molecule has 0 aliphatic carbocycles. The number of fused-ring (bicyclic) bond motifs is 3. The van der Waals surface area contributed by atoms with Gasteiger partial charge in [-0.1, -0.05) is 11.6 Å². The molecule has 3 aromatic rings. The lowest BCUT2D eigenvalue weighted by Crippen LogP contribution is -2.16. The number of methoxy groups -OCH3 is 1. The first-order valence-electron chi connectivity index (χ1n) is 7.42. The smallest absolute Gasteiger partial charge is 0.184 e. The monoisotopic (exact) mass is 334 g/mol. The van der Waals surface area contributed by atoms with Crippen LogP contribution < -0.4 is 16.2 Å². The van der Waals surface area contributed by atoms with Gasteiger partial charge in [-0.05, 0) is 38.4 Å². The van der Waals surface area contributed by atoms with Gasteiger partial charge in [0.1, 0.15) is 27.8 Å². The van der Waals surface area contributed by atoms with E-state index in [1.807, 2.05) is 17.4 Å². The first-order chi connectivity index (χ1) is 11.1. The Bertz CT molecular complexity index is 862. The van der Waals surface area contributed by atoms with Crippen LogP contribution in [0.25, 0.3) is 16.7 Å². The summed E-state index contributed by atoms with van der Waals surface area (Å²) in [5.74, 6) is 1.32. The number of hydrogen-bond acceptors (Lipinski definition) is 6. The van der Waals surface area contributed by atoms with Crippen molar-refractivity contribution in [3.8, 4) is 5.75 Å². The van der Waals surface area contributed by atoms with Crippen LogP contribution in [-0.4, -0.2) is 33.2 Å². The van der Waals surface area contributed by atoms with Crippen LogP contribution in [0.3, 0.4) is 0 Å². The van der Waals surface area contributed by atoms with Crippen molar-refractivity contribution in [1.82, 2.24) is 19.6 Å². The van der Waals surface area contributed by atoms with Crippen LogP contribution in [-0.2, 0) is 0 Å². The lowest BCUT2D eigenvalue weighted by Gasteiger charge is -2.15. The number of aromatic nitrogens is 4. The fourth-order valence-electron chi connectivity index (χ4n) is 2.69. The predicted molar refractivity (Wildman–Crippen MR) is 89.8 cm³/mol. The van der Waals surface area contributed by atoms with E-state index in [2.05, 4.69) is 15.2 Å². The van der Waals surface area contributed by atoms with E-state index >= 15 is 0 Å². The fraction of sp³-hybridized carbons (Fsp3) is 0.400. The van der Waals surface area contributed by atoms with Gasteiger partial charge in [0.25, 0.3) is 0 Å². The van der Waals surface area contributed by atoms with E-state index in [0.717, 1.165) is 24.2 Å². The normalized spacial score (nSPS) is 12.9. The molecule has 0 saturated carbocycles. The summed E-state index contributed by atoms with van der Waals surface area (Å²) < 4.78 is 7.20. The van der Waals surface area contributed by atoms with Gasteiger partial charge in [-0.15, -0.1) is 10.2 Å². The summed E-state index contributed by atoms with van der Waals surface area (Å²) in [5, 5.41) is 8.85. The summed E-state index contributed by atoms with van der Waals surface area (Å²) in [7, 11) is 1.57. The minimum Gasteiger partial charge on any atom is -0.495 e. The summed E-state index contributed by atoms with van der Waals surface area (Å²) in [6.45, 7) is 2.46. The summed E-state index contributed by atoms with van der Waals surface area (Å²) >= 11 is 6.44. The molecular formula is C15H19ClN6O. The zero-order valence-electron chi connectivity index (χ0n) is 13.1. The zero-order valence-corrected chi connectivity index (χ0v) is 13.8. The maximum Gasteiger partial charge on any atom is 0.184 e. The van der Waals surface area contributed by atoms with Gasteiger partial charge in [0.05, 0.1) is 18.7 Å². The van der Waals surface area contributed by atoms with E-state index in [0.29, 0.717) is 34.2 Å². The number of nitrogens with two attached hydrogens (primary N) is 2. The topological polar surface area (TPSA) is 104 Å². The third kappa shape index (κ3) is 2.60. The second kappa shape index (κ2) is 6.27. The number of nitrogens with zero attached hydrogens (tertiary/aromatic N) is 4. The van der Waals surface area contributed by atoms with E-state index in [9.17, 15) is 0 Å². The van der Waals surface area contributed by atoms with Gasteiger partial charge in [-0.25, -0.2) is 4.98 Å². The highest BCUT2D eigenvalue weighted by molar-refractivity contribution is 6.36. The Morgan fingerprint density at radius 3 is 2.83 bits per heavy atom. The lowest BCUT2D eigenvalue weighted by molar-refractivity contribution is 0.415. The van der Waals surface area contributed by atoms with Gasteiger partial charge >= 0.3 is 0 Å². The molecular weight excluding hydrogens is 316 g/mol. The Kier molecular flexibility index (Phi) is 4.34. The molecule has 0 aliphatic rings. The van der Waals surface area contributed by atoms with E-state index in [4.69, 9.17) is 27.8 Å². The third-order valence-electron chi connectivity index (χ3n) is 3.88. The number of rotatable bonds is 5. The highest BCUT2D eigenvalue weighted by Crippen LogP contribution is 2.33. The van der Waals surface area contributed by atoms with Crippen LogP contribution in [0.4, 0.5) is 0 Å². The van der Waals surface area contributed by atoms with Crippen molar-refractivity contribution in [1.29, 1.82) is 0 Å². The molecule has 0 amide bonds. The van der Waals surface area contributed by atoms with Crippen molar-refractivity contribution in [2.75, 3.05) is 13.7 Å². The van der Waals surface area contributed by atoms with E-state index in [-0.39, 0.29) is 6.04 Å². The minimum atomic E-state index is -0.281. The average molecular weight is 335 g/mol. The fourth-order valence-corrected chi connectivity index (χ4v) is 2.97. The number of ether oxygens (including phenoxy) is 1.